The number of carbonyl (C=O) groups is 2. The summed E-state index contributed by atoms with van der Waals surface area (Å²) in [6.45, 7) is 12.5. The predicted octanol–water partition coefficient (Wildman–Crippen LogP) is 3.36. The number of carbonyl (C=O) groups excluding carboxylic acids is 1. The number of rotatable bonds is 10. The van der Waals surface area contributed by atoms with Crippen molar-refractivity contribution < 1.29 is 14.7 Å². The third kappa shape index (κ3) is 7.99. The lowest BCUT2D eigenvalue weighted by Crippen LogP contribution is -2.46. The fraction of sp³-hybridized carbons (Fsp3) is 0.619. The van der Waals surface area contributed by atoms with Gasteiger partial charge in [0.2, 0.25) is 5.91 Å². The third-order valence-electron chi connectivity index (χ3n) is 4.80. The number of aryl methyl sites for hydroxylation is 2. The lowest BCUT2D eigenvalue weighted by atomic mass is 9.88. The zero-order chi connectivity index (χ0) is 20.8. The van der Waals surface area contributed by atoms with Gasteiger partial charge in [0.15, 0.2) is 0 Å². The number of amides is 1. The minimum Gasteiger partial charge on any atom is -0.480 e. The van der Waals surface area contributed by atoms with Gasteiger partial charge in [-0.1, -0.05) is 18.2 Å². The van der Waals surface area contributed by atoms with Crippen molar-refractivity contribution in [3.63, 3.8) is 0 Å². The van der Waals surface area contributed by atoms with Gasteiger partial charge in [-0.05, 0) is 71.9 Å². The van der Waals surface area contributed by atoms with E-state index in [-0.39, 0.29) is 29.8 Å². The topological polar surface area (TPSA) is 104 Å². The first kappa shape index (κ1) is 23.0. The van der Waals surface area contributed by atoms with Crippen molar-refractivity contribution >= 4 is 17.6 Å². The minimum atomic E-state index is -1.08. The number of para-hydroxylation sites is 1. The van der Waals surface area contributed by atoms with E-state index >= 15 is 0 Å². The number of carboxylic acid groups (broad SMARTS) is 1. The summed E-state index contributed by atoms with van der Waals surface area (Å²) in [6, 6.07) is 5.24. The molecule has 6 nitrogen and oxygen atoms in total. The van der Waals surface area contributed by atoms with Gasteiger partial charge >= 0.3 is 5.97 Å². The number of anilines is 1. The van der Waals surface area contributed by atoms with Gasteiger partial charge in [-0.3, -0.25) is 9.59 Å². The minimum absolute atomic E-state index is 0.112. The number of carboxylic acids is 1. The molecule has 152 valence electrons. The highest BCUT2D eigenvalue weighted by molar-refractivity contribution is 5.78. The van der Waals surface area contributed by atoms with Gasteiger partial charge in [-0.25, -0.2) is 0 Å². The molecular weight excluding hydrogens is 342 g/mol. The largest absolute Gasteiger partial charge is 0.480 e. The summed E-state index contributed by atoms with van der Waals surface area (Å²) in [5, 5.41) is 15.4. The van der Waals surface area contributed by atoms with Gasteiger partial charge < -0.3 is 21.5 Å². The van der Waals surface area contributed by atoms with Gasteiger partial charge in [-0.15, -0.1) is 0 Å². The zero-order valence-electron chi connectivity index (χ0n) is 17.5. The maximum atomic E-state index is 12.1. The van der Waals surface area contributed by atoms with Crippen molar-refractivity contribution in [3.8, 4) is 0 Å². The van der Waals surface area contributed by atoms with E-state index in [1.165, 1.54) is 11.1 Å². The summed E-state index contributed by atoms with van der Waals surface area (Å²) in [6.07, 6.45) is 1.90. The Kier molecular flexibility index (Phi) is 7.84. The predicted molar refractivity (Wildman–Crippen MR) is 110 cm³/mol. The molecule has 5 N–H and O–H groups in total. The number of hydrogen-bond donors (Lipinski definition) is 4. The molecule has 0 aromatic heterocycles. The van der Waals surface area contributed by atoms with Crippen LogP contribution in [0, 0.1) is 13.8 Å². The van der Waals surface area contributed by atoms with Crippen molar-refractivity contribution in [1.82, 2.24) is 5.32 Å². The molecule has 0 saturated carbocycles. The van der Waals surface area contributed by atoms with Crippen LogP contribution in [0.3, 0.4) is 0 Å². The Morgan fingerprint density at radius 3 is 2.11 bits per heavy atom. The number of nitrogens with one attached hydrogen (secondary N) is 2. The SMILES string of the molecule is Cc1cccc(C)c1NC(C)(C)CCC(C)(C)NC(=O)CC[C@H](N)C(=O)O. The van der Waals surface area contributed by atoms with E-state index in [0.29, 0.717) is 0 Å². The van der Waals surface area contributed by atoms with Gasteiger partial charge in [-0.2, -0.15) is 0 Å². The normalized spacial score (nSPS) is 13.1. The molecule has 1 rings (SSSR count). The smallest absolute Gasteiger partial charge is 0.320 e. The molecule has 6 heteroatoms. The monoisotopic (exact) mass is 377 g/mol. The van der Waals surface area contributed by atoms with E-state index in [0.717, 1.165) is 18.5 Å². The molecule has 0 spiro atoms. The summed E-state index contributed by atoms with van der Waals surface area (Å²) in [7, 11) is 0. The first-order chi connectivity index (χ1) is 12.3. The van der Waals surface area contributed by atoms with Crippen LogP contribution in [0.1, 0.15) is 64.5 Å². The van der Waals surface area contributed by atoms with Gasteiger partial charge in [0.05, 0.1) is 0 Å². The Morgan fingerprint density at radius 2 is 1.59 bits per heavy atom. The first-order valence-electron chi connectivity index (χ1n) is 9.47. The molecule has 1 aromatic rings. The molecule has 0 radical (unpaired) electrons. The maximum Gasteiger partial charge on any atom is 0.320 e. The quantitative estimate of drug-likeness (QED) is 0.500. The van der Waals surface area contributed by atoms with E-state index < -0.39 is 12.0 Å². The van der Waals surface area contributed by atoms with E-state index in [9.17, 15) is 9.59 Å². The summed E-state index contributed by atoms with van der Waals surface area (Å²) < 4.78 is 0. The molecule has 1 aromatic carbocycles. The van der Waals surface area contributed by atoms with Crippen LogP contribution in [-0.2, 0) is 9.59 Å². The third-order valence-corrected chi connectivity index (χ3v) is 4.80. The van der Waals surface area contributed by atoms with Crippen molar-refractivity contribution in [3.05, 3.63) is 29.3 Å². The Hall–Kier alpha value is -2.08. The lowest BCUT2D eigenvalue weighted by molar-refractivity contribution is -0.138. The Labute approximate surface area is 162 Å². The molecule has 0 aliphatic heterocycles. The van der Waals surface area contributed by atoms with E-state index in [1.54, 1.807) is 0 Å². The van der Waals surface area contributed by atoms with Crippen LogP contribution in [0.4, 0.5) is 5.69 Å². The second-order valence-corrected chi connectivity index (χ2v) is 8.69. The van der Waals surface area contributed by atoms with Gasteiger partial charge in [0.1, 0.15) is 6.04 Å². The fourth-order valence-corrected chi connectivity index (χ4v) is 2.95. The Balaban J connectivity index is 2.58. The van der Waals surface area contributed by atoms with Crippen molar-refractivity contribution in [2.75, 3.05) is 5.32 Å². The highest BCUT2D eigenvalue weighted by atomic mass is 16.4. The lowest BCUT2D eigenvalue weighted by Gasteiger charge is -2.34. The number of hydrogen-bond acceptors (Lipinski definition) is 4. The second kappa shape index (κ2) is 9.22. The standard InChI is InChI=1S/C21H35N3O3/c1-14-8-7-9-15(2)18(14)24-21(5,6)13-12-20(3,4)23-17(25)11-10-16(22)19(26)27/h7-9,16,24H,10-13,22H2,1-6H3,(H,23,25)(H,26,27)/t16-/m0/s1. The number of nitrogens with two attached hydrogens (primary N) is 1. The molecule has 0 saturated heterocycles. The average molecular weight is 378 g/mol. The van der Waals surface area contributed by atoms with Crippen LogP contribution in [0.25, 0.3) is 0 Å². The second-order valence-electron chi connectivity index (χ2n) is 8.69. The Bertz CT molecular complexity index is 648. The summed E-state index contributed by atoms with van der Waals surface area (Å²) >= 11 is 0. The molecule has 0 aliphatic rings. The van der Waals surface area contributed by atoms with Crippen molar-refractivity contribution in [2.45, 2.75) is 84.3 Å². The van der Waals surface area contributed by atoms with Crippen LogP contribution >= 0.6 is 0 Å². The highest BCUT2D eigenvalue weighted by Gasteiger charge is 2.26. The zero-order valence-corrected chi connectivity index (χ0v) is 17.5. The van der Waals surface area contributed by atoms with Crippen LogP contribution in [0.5, 0.6) is 0 Å². The molecule has 0 aliphatic carbocycles. The maximum absolute atomic E-state index is 12.1. The molecule has 27 heavy (non-hydrogen) atoms. The van der Waals surface area contributed by atoms with Gasteiger partial charge in [0, 0.05) is 23.2 Å². The molecule has 0 unspecified atom stereocenters. The first-order valence-corrected chi connectivity index (χ1v) is 9.47. The van der Waals surface area contributed by atoms with E-state index in [4.69, 9.17) is 10.8 Å². The Morgan fingerprint density at radius 1 is 1.07 bits per heavy atom. The number of aliphatic carboxylic acids is 1. The summed E-state index contributed by atoms with van der Waals surface area (Å²) in [5.74, 6) is -1.25. The van der Waals surface area contributed by atoms with E-state index in [1.807, 2.05) is 13.8 Å². The summed E-state index contributed by atoms with van der Waals surface area (Å²) in [5.41, 5.74) is 8.52. The van der Waals surface area contributed by atoms with Crippen molar-refractivity contribution in [1.29, 1.82) is 0 Å². The van der Waals surface area contributed by atoms with E-state index in [2.05, 4.69) is 56.5 Å². The van der Waals surface area contributed by atoms with Crippen LogP contribution < -0.4 is 16.4 Å². The van der Waals surface area contributed by atoms with Gasteiger partial charge in [0.25, 0.3) is 0 Å². The molecule has 1 atom stereocenters. The van der Waals surface area contributed by atoms with Crippen LogP contribution in [0.2, 0.25) is 0 Å². The number of benzene rings is 1. The fourth-order valence-electron chi connectivity index (χ4n) is 2.95. The summed E-state index contributed by atoms with van der Waals surface area (Å²) in [4.78, 5) is 22.9. The molecule has 0 heterocycles. The molecule has 0 fully saturated rings. The van der Waals surface area contributed by atoms with Crippen molar-refractivity contribution in [2.24, 2.45) is 5.73 Å². The van der Waals surface area contributed by atoms with Crippen LogP contribution in [-0.4, -0.2) is 34.1 Å². The molecular formula is C21H35N3O3. The highest BCUT2D eigenvalue weighted by Crippen LogP contribution is 2.27. The molecule has 0 bridgehead atoms. The average Bonchev–Trinajstić information content (AvgIpc) is 2.54. The van der Waals surface area contributed by atoms with Crippen LogP contribution in [0.15, 0.2) is 18.2 Å². The molecule has 1 amide bonds.